The van der Waals surface area contributed by atoms with Crippen molar-refractivity contribution in [3.63, 3.8) is 0 Å². The maximum absolute atomic E-state index is 12.3. The number of cyclic esters (lactones) is 1. The summed E-state index contributed by atoms with van der Waals surface area (Å²) in [5, 5.41) is 0. The van der Waals surface area contributed by atoms with Crippen LogP contribution >= 0.6 is 54.5 Å². The molecule has 3 rings (SSSR count). The number of carbonyl (C=O) groups excluding carboxylic acids is 1. The van der Waals surface area contributed by atoms with E-state index in [1.165, 1.54) is 0 Å². The molecule has 8 heteroatoms. The standard InChI is InChI=1S/C21H18Br2INO4/c1-4-11(2)28-19-15(23)7-12(9-18(19)27-3)8-17-21(26)29-20(25-17)13-5-6-16(24)14(22)10-13/h5-11H,4H2,1-3H3/b17-8-. The van der Waals surface area contributed by atoms with Crippen LogP contribution in [0.3, 0.4) is 0 Å². The fraction of sp³-hybridized carbons (Fsp3) is 0.238. The molecule has 29 heavy (non-hydrogen) atoms. The molecule has 1 unspecified atom stereocenters. The molecule has 1 aliphatic rings. The van der Waals surface area contributed by atoms with E-state index >= 15 is 0 Å². The van der Waals surface area contributed by atoms with E-state index in [0.717, 1.165) is 30.1 Å². The van der Waals surface area contributed by atoms with Crippen molar-refractivity contribution in [2.45, 2.75) is 26.4 Å². The van der Waals surface area contributed by atoms with Gasteiger partial charge in [0, 0.05) is 13.6 Å². The van der Waals surface area contributed by atoms with E-state index in [9.17, 15) is 4.79 Å². The summed E-state index contributed by atoms with van der Waals surface area (Å²) < 4.78 is 19.5. The van der Waals surface area contributed by atoms with E-state index in [-0.39, 0.29) is 17.7 Å². The zero-order valence-electron chi connectivity index (χ0n) is 16.0. The molecule has 0 saturated heterocycles. The monoisotopic (exact) mass is 633 g/mol. The van der Waals surface area contributed by atoms with Crippen molar-refractivity contribution >= 4 is 72.4 Å². The van der Waals surface area contributed by atoms with Crippen LogP contribution in [0.4, 0.5) is 0 Å². The Morgan fingerprint density at radius 3 is 2.66 bits per heavy atom. The first-order valence-corrected chi connectivity index (χ1v) is 11.5. The van der Waals surface area contributed by atoms with Gasteiger partial charge in [0.15, 0.2) is 17.2 Å². The average molecular weight is 635 g/mol. The molecular weight excluding hydrogens is 617 g/mol. The van der Waals surface area contributed by atoms with Crippen molar-refractivity contribution < 1.29 is 19.0 Å². The fourth-order valence-corrected chi connectivity index (χ4v) is 3.81. The molecule has 1 atom stereocenters. The summed E-state index contributed by atoms with van der Waals surface area (Å²) in [6.07, 6.45) is 2.59. The Morgan fingerprint density at radius 1 is 1.24 bits per heavy atom. The number of esters is 1. The second-order valence-corrected chi connectivity index (χ2v) is 9.21. The third-order valence-electron chi connectivity index (χ3n) is 4.24. The van der Waals surface area contributed by atoms with Crippen molar-refractivity contribution in [1.29, 1.82) is 0 Å². The van der Waals surface area contributed by atoms with Gasteiger partial charge in [0.2, 0.25) is 5.90 Å². The largest absolute Gasteiger partial charge is 0.493 e. The van der Waals surface area contributed by atoms with E-state index in [4.69, 9.17) is 14.2 Å². The van der Waals surface area contributed by atoms with Crippen LogP contribution in [0.15, 0.2) is 50.0 Å². The quantitative estimate of drug-likeness (QED) is 0.211. The predicted octanol–water partition coefficient (Wildman–Crippen LogP) is 6.35. The van der Waals surface area contributed by atoms with Gasteiger partial charge in [0.25, 0.3) is 0 Å². The van der Waals surface area contributed by atoms with Crippen LogP contribution in [-0.4, -0.2) is 25.1 Å². The molecule has 0 saturated carbocycles. The summed E-state index contributed by atoms with van der Waals surface area (Å²) in [5.41, 5.74) is 1.69. The number of benzene rings is 2. The van der Waals surface area contributed by atoms with E-state index in [1.807, 2.05) is 31.2 Å². The van der Waals surface area contributed by atoms with E-state index in [2.05, 4.69) is 66.4 Å². The lowest BCUT2D eigenvalue weighted by molar-refractivity contribution is -0.129. The minimum Gasteiger partial charge on any atom is -0.493 e. The maximum atomic E-state index is 12.3. The Morgan fingerprint density at radius 2 is 2.00 bits per heavy atom. The van der Waals surface area contributed by atoms with Crippen LogP contribution in [0.25, 0.3) is 6.08 Å². The minimum atomic E-state index is -0.496. The zero-order valence-corrected chi connectivity index (χ0v) is 21.3. The van der Waals surface area contributed by atoms with E-state index in [1.54, 1.807) is 19.3 Å². The first-order valence-electron chi connectivity index (χ1n) is 8.84. The van der Waals surface area contributed by atoms with Crippen LogP contribution in [0.5, 0.6) is 11.5 Å². The van der Waals surface area contributed by atoms with Gasteiger partial charge < -0.3 is 14.2 Å². The number of ether oxygens (including phenoxy) is 3. The number of hydrogen-bond acceptors (Lipinski definition) is 5. The van der Waals surface area contributed by atoms with Gasteiger partial charge >= 0.3 is 5.97 Å². The highest BCUT2D eigenvalue weighted by atomic mass is 127. The summed E-state index contributed by atoms with van der Waals surface area (Å²) in [4.78, 5) is 16.7. The van der Waals surface area contributed by atoms with E-state index in [0.29, 0.717) is 11.5 Å². The lowest BCUT2D eigenvalue weighted by atomic mass is 10.1. The zero-order chi connectivity index (χ0) is 21.1. The van der Waals surface area contributed by atoms with Crippen LogP contribution < -0.4 is 9.47 Å². The summed E-state index contributed by atoms with van der Waals surface area (Å²) >= 11 is 9.23. The van der Waals surface area contributed by atoms with Crippen molar-refractivity contribution in [3.05, 3.63) is 59.7 Å². The van der Waals surface area contributed by atoms with Gasteiger partial charge in [-0.2, -0.15) is 0 Å². The third-order valence-corrected chi connectivity index (χ3v) is 7.16. The molecule has 1 aliphatic heterocycles. The van der Waals surface area contributed by atoms with Gasteiger partial charge in [0.05, 0.1) is 17.7 Å². The summed E-state index contributed by atoms with van der Waals surface area (Å²) in [6, 6.07) is 9.32. The normalized spacial score (nSPS) is 15.9. The van der Waals surface area contributed by atoms with Gasteiger partial charge in [-0.05, 0) is 110 Å². The highest BCUT2D eigenvalue weighted by Gasteiger charge is 2.25. The summed E-state index contributed by atoms with van der Waals surface area (Å²) in [7, 11) is 1.58. The number of aliphatic imine (C=N–C) groups is 1. The average Bonchev–Trinajstić information content (AvgIpc) is 3.05. The first-order chi connectivity index (χ1) is 13.8. The van der Waals surface area contributed by atoms with Gasteiger partial charge in [-0.3, -0.25) is 0 Å². The molecule has 0 bridgehead atoms. The van der Waals surface area contributed by atoms with Crippen molar-refractivity contribution in [1.82, 2.24) is 0 Å². The topological polar surface area (TPSA) is 57.1 Å². The molecular formula is C21H18Br2INO4. The molecule has 0 amide bonds. The minimum absolute atomic E-state index is 0.0506. The number of carbonyl (C=O) groups is 1. The summed E-state index contributed by atoms with van der Waals surface area (Å²) in [5.74, 6) is 0.986. The molecule has 5 nitrogen and oxygen atoms in total. The van der Waals surface area contributed by atoms with Gasteiger partial charge in [-0.15, -0.1) is 0 Å². The lowest BCUT2D eigenvalue weighted by Crippen LogP contribution is -2.11. The molecule has 0 spiro atoms. The Kier molecular flexibility index (Phi) is 7.39. The maximum Gasteiger partial charge on any atom is 0.363 e. The summed E-state index contributed by atoms with van der Waals surface area (Å²) in [6.45, 7) is 4.05. The van der Waals surface area contributed by atoms with Gasteiger partial charge in [-0.25, -0.2) is 9.79 Å². The van der Waals surface area contributed by atoms with Gasteiger partial charge in [-0.1, -0.05) is 6.92 Å². The fourth-order valence-electron chi connectivity index (χ4n) is 2.54. The van der Waals surface area contributed by atoms with Gasteiger partial charge in [0.1, 0.15) is 0 Å². The molecule has 2 aromatic carbocycles. The number of halogens is 3. The molecule has 0 N–H and O–H groups in total. The second kappa shape index (κ2) is 9.61. The molecule has 0 radical (unpaired) electrons. The van der Waals surface area contributed by atoms with Crippen LogP contribution in [0.1, 0.15) is 31.4 Å². The number of nitrogens with zero attached hydrogens (tertiary/aromatic N) is 1. The number of methoxy groups -OCH3 is 1. The van der Waals surface area contributed by atoms with Crippen LogP contribution in [0.2, 0.25) is 0 Å². The van der Waals surface area contributed by atoms with Crippen LogP contribution in [0, 0.1) is 3.57 Å². The molecule has 152 valence electrons. The van der Waals surface area contributed by atoms with Crippen molar-refractivity contribution in [3.8, 4) is 11.5 Å². The molecule has 2 aromatic rings. The smallest absolute Gasteiger partial charge is 0.363 e. The highest BCUT2D eigenvalue weighted by molar-refractivity contribution is 14.1. The van der Waals surface area contributed by atoms with Crippen molar-refractivity contribution in [2.24, 2.45) is 4.99 Å². The van der Waals surface area contributed by atoms with E-state index < -0.39 is 5.97 Å². The third kappa shape index (κ3) is 5.21. The molecule has 0 aromatic heterocycles. The Labute approximate surface area is 199 Å². The predicted molar refractivity (Wildman–Crippen MR) is 129 cm³/mol. The van der Waals surface area contributed by atoms with Crippen molar-refractivity contribution in [2.75, 3.05) is 7.11 Å². The molecule has 0 fully saturated rings. The molecule has 1 heterocycles. The number of rotatable bonds is 6. The Hall–Kier alpha value is -1.39. The Bertz CT molecular complexity index is 1020. The molecule has 0 aliphatic carbocycles. The van der Waals surface area contributed by atoms with Crippen LogP contribution in [-0.2, 0) is 9.53 Å². The lowest BCUT2D eigenvalue weighted by Gasteiger charge is -2.17. The number of hydrogen-bond donors (Lipinski definition) is 0. The SMILES string of the molecule is CCC(C)Oc1c(Br)cc(/C=C2\N=C(c3ccc(I)c(Br)c3)OC2=O)cc1OC. The Balaban J connectivity index is 1.94. The first kappa shape index (κ1) is 22.3. The second-order valence-electron chi connectivity index (χ2n) is 6.34. The highest BCUT2D eigenvalue weighted by Crippen LogP contribution is 2.38.